The number of rotatable bonds is 7. The second-order valence-corrected chi connectivity index (χ2v) is 6.23. The van der Waals surface area contributed by atoms with Gasteiger partial charge in [0.15, 0.2) is 0 Å². The van der Waals surface area contributed by atoms with Crippen LogP contribution in [0.3, 0.4) is 0 Å². The minimum Gasteiger partial charge on any atom is -0.375 e. The molecular formula is C15H31NO. The molecule has 102 valence electrons. The summed E-state index contributed by atoms with van der Waals surface area (Å²) in [7, 11) is 0. The Balaban J connectivity index is 2.05. The maximum atomic E-state index is 6.13. The fourth-order valence-electron chi connectivity index (χ4n) is 2.59. The van der Waals surface area contributed by atoms with Gasteiger partial charge in [0.2, 0.25) is 0 Å². The number of nitrogens with one attached hydrogen (secondary N) is 1. The van der Waals surface area contributed by atoms with Crippen LogP contribution in [0, 0.1) is 11.8 Å². The largest absolute Gasteiger partial charge is 0.375 e. The van der Waals surface area contributed by atoms with Crippen molar-refractivity contribution >= 4 is 0 Å². The van der Waals surface area contributed by atoms with Gasteiger partial charge in [-0.25, -0.2) is 0 Å². The summed E-state index contributed by atoms with van der Waals surface area (Å²) in [6, 6.07) is 0. The standard InChI is InChI=1S/C15H31NO/c1-12(2)11-16-9-8-14(4)17-15-7-5-6-13(3)10-15/h12-16H,5-11H2,1-4H3. The van der Waals surface area contributed by atoms with Crippen LogP contribution in [0.25, 0.3) is 0 Å². The first-order chi connectivity index (χ1) is 8.08. The highest BCUT2D eigenvalue weighted by Crippen LogP contribution is 2.26. The molecule has 0 radical (unpaired) electrons. The molecule has 1 rings (SSSR count). The Morgan fingerprint density at radius 2 is 2.00 bits per heavy atom. The molecule has 2 heteroatoms. The summed E-state index contributed by atoms with van der Waals surface area (Å²) in [5.74, 6) is 1.60. The Hall–Kier alpha value is -0.0800. The highest BCUT2D eigenvalue weighted by molar-refractivity contribution is 4.71. The molecule has 0 aliphatic heterocycles. The van der Waals surface area contributed by atoms with Crippen molar-refractivity contribution < 1.29 is 4.74 Å². The van der Waals surface area contributed by atoms with E-state index in [0.29, 0.717) is 12.2 Å². The molecule has 0 aromatic rings. The molecular weight excluding hydrogens is 210 g/mol. The van der Waals surface area contributed by atoms with Gasteiger partial charge >= 0.3 is 0 Å². The van der Waals surface area contributed by atoms with Gasteiger partial charge in [0.25, 0.3) is 0 Å². The smallest absolute Gasteiger partial charge is 0.0581 e. The molecule has 0 spiro atoms. The second-order valence-electron chi connectivity index (χ2n) is 6.23. The van der Waals surface area contributed by atoms with E-state index in [-0.39, 0.29) is 0 Å². The van der Waals surface area contributed by atoms with E-state index in [1.54, 1.807) is 0 Å². The van der Waals surface area contributed by atoms with Gasteiger partial charge in [-0.1, -0.05) is 33.6 Å². The molecule has 0 saturated heterocycles. The van der Waals surface area contributed by atoms with E-state index in [0.717, 1.165) is 31.3 Å². The highest BCUT2D eigenvalue weighted by atomic mass is 16.5. The molecule has 0 aromatic carbocycles. The minimum atomic E-state index is 0.407. The van der Waals surface area contributed by atoms with E-state index in [4.69, 9.17) is 4.74 Å². The average molecular weight is 241 g/mol. The van der Waals surface area contributed by atoms with Crippen LogP contribution in [-0.2, 0) is 4.74 Å². The molecule has 3 unspecified atom stereocenters. The molecule has 1 saturated carbocycles. The Morgan fingerprint density at radius 1 is 1.24 bits per heavy atom. The van der Waals surface area contributed by atoms with E-state index in [9.17, 15) is 0 Å². The first-order valence-corrected chi connectivity index (χ1v) is 7.44. The Labute approximate surface area is 108 Å². The quantitative estimate of drug-likeness (QED) is 0.688. The number of hydrogen-bond acceptors (Lipinski definition) is 2. The summed E-state index contributed by atoms with van der Waals surface area (Å²) in [5.41, 5.74) is 0. The molecule has 1 aliphatic rings. The van der Waals surface area contributed by atoms with Crippen LogP contribution in [0.4, 0.5) is 0 Å². The van der Waals surface area contributed by atoms with Crippen molar-refractivity contribution in [3.05, 3.63) is 0 Å². The van der Waals surface area contributed by atoms with Crippen LogP contribution >= 0.6 is 0 Å². The molecule has 1 aliphatic carbocycles. The van der Waals surface area contributed by atoms with Gasteiger partial charge in [-0.05, 0) is 51.1 Å². The summed E-state index contributed by atoms with van der Waals surface area (Å²) in [6.45, 7) is 11.3. The zero-order valence-electron chi connectivity index (χ0n) is 12.2. The van der Waals surface area contributed by atoms with Crippen LogP contribution in [0.2, 0.25) is 0 Å². The monoisotopic (exact) mass is 241 g/mol. The van der Waals surface area contributed by atoms with Gasteiger partial charge in [-0.3, -0.25) is 0 Å². The van der Waals surface area contributed by atoms with Gasteiger partial charge in [-0.15, -0.1) is 0 Å². The van der Waals surface area contributed by atoms with Crippen molar-refractivity contribution in [2.24, 2.45) is 11.8 Å². The molecule has 0 aromatic heterocycles. The van der Waals surface area contributed by atoms with Gasteiger partial charge in [0.1, 0.15) is 0 Å². The van der Waals surface area contributed by atoms with Gasteiger partial charge < -0.3 is 10.1 Å². The van der Waals surface area contributed by atoms with E-state index in [1.807, 2.05) is 0 Å². The fourth-order valence-corrected chi connectivity index (χ4v) is 2.59. The molecule has 1 N–H and O–H groups in total. The lowest BCUT2D eigenvalue weighted by Crippen LogP contribution is -2.29. The Kier molecular flexibility index (Phi) is 7.14. The Morgan fingerprint density at radius 3 is 2.65 bits per heavy atom. The van der Waals surface area contributed by atoms with Crippen LogP contribution in [-0.4, -0.2) is 25.3 Å². The molecule has 0 heterocycles. The van der Waals surface area contributed by atoms with E-state index in [2.05, 4.69) is 33.0 Å². The van der Waals surface area contributed by atoms with E-state index >= 15 is 0 Å². The maximum Gasteiger partial charge on any atom is 0.0581 e. The van der Waals surface area contributed by atoms with E-state index in [1.165, 1.54) is 25.7 Å². The molecule has 3 atom stereocenters. The third kappa shape index (κ3) is 7.05. The van der Waals surface area contributed by atoms with Crippen LogP contribution in [0.5, 0.6) is 0 Å². The van der Waals surface area contributed by atoms with Crippen molar-refractivity contribution in [1.29, 1.82) is 0 Å². The third-order valence-corrected chi connectivity index (χ3v) is 3.59. The normalized spacial score (nSPS) is 27.4. The lowest BCUT2D eigenvalue weighted by Gasteiger charge is -2.29. The van der Waals surface area contributed by atoms with E-state index < -0.39 is 0 Å². The molecule has 0 bridgehead atoms. The predicted molar refractivity (Wildman–Crippen MR) is 74.3 cm³/mol. The highest BCUT2D eigenvalue weighted by Gasteiger charge is 2.20. The molecule has 0 amide bonds. The second kappa shape index (κ2) is 8.10. The van der Waals surface area contributed by atoms with Crippen LogP contribution in [0.1, 0.15) is 59.8 Å². The fraction of sp³-hybridized carbons (Fsp3) is 1.00. The Bertz CT molecular complexity index is 193. The number of hydrogen-bond donors (Lipinski definition) is 1. The zero-order chi connectivity index (χ0) is 12.7. The van der Waals surface area contributed by atoms with Gasteiger partial charge in [-0.2, -0.15) is 0 Å². The lowest BCUT2D eigenvalue weighted by atomic mass is 9.88. The van der Waals surface area contributed by atoms with Gasteiger partial charge in [0, 0.05) is 0 Å². The summed E-state index contributed by atoms with van der Waals surface area (Å²) >= 11 is 0. The minimum absolute atomic E-state index is 0.407. The topological polar surface area (TPSA) is 21.3 Å². The summed E-state index contributed by atoms with van der Waals surface area (Å²) in [6.07, 6.45) is 7.35. The van der Waals surface area contributed by atoms with Crippen LogP contribution < -0.4 is 5.32 Å². The first-order valence-electron chi connectivity index (χ1n) is 7.44. The van der Waals surface area contributed by atoms with Crippen LogP contribution in [0.15, 0.2) is 0 Å². The van der Waals surface area contributed by atoms with Crippen molar-refractivity contribution in [1.82, 2.24) is 5.32 Å². The average Bonchev–Trinajstić information content (AvgIpc) is 2.24. The summed E-state index contributed by atoms with van der Waals surface area (Å²) in [5, 5.41) is 3.48. The van der Waals surface area contributed by atoms with Crippen molar-refractivity contribution in [3.63, 3.8) is 0 Å². The number of ether oxygens (including phenoxy) is 1. The van der Waals surface area contributed by atoms with Crippen molar-refractivity contribution in [3.8, 4) is 0 Å². The SMILES string of the molecule is CC(C)CNCCC(C)OC1CCCC(C)C1. The first kappa shape index (κ1) is 15.0. The van der Waals surface area contributed by atoms with Crippen molar-refractivity contribution in [2.75, 3.05) is 13.1 Å². The molecule has 1 fully saturated rings. The van der Waals surface area contributed by atoms with Crippen molar-refractivity contribution in [2.45, 2.75) is 72.0 Å². The zero-order valence-corrected chi connectivity index (χ0v) is 12.2. The maximum absolute atomic E-state index is 6.13. The summed E-state index contributed by atoms with van der Waals surface area (Å²) < 4.78 is 6.13. The molecule has 17 heavy (non-hydrogen) atoms. The third-order valence-electron chi connectivity index (χ3n) is 3.59. The van der Waals surface area contributed by atoms with Gasteiger partial charge in [0.05, 0.1) is 12.2 Å². The molecule has 2 nitrogen and oxygen atoms in total. The predicted octanol–water partition coefficient (Wildman–Crippen LogP) is 3.61. The lowest BCUT2D eigenvalue weighted by molar-refractivity contribution is -0.0331. The summed E-state index contributed by atoms with van der Waals surface area (Å²) in [4.78, 5) is 0.